The van der Waals surface area contributed by atoms with Crippen molar-refractivity contribution in [2.24, 2.45) is 18.9 Å². The van der Waals surface area contributed by atoms with Gasteiger partial charge in [-0.25, -0.2) is 0 Å². The number of Topliss-reactive ketones (excluding diaryl/α,β-unsaturated/α-hetero) is 1. The molecule has 0 radical (unpaired) electrons. The minimum absolute atomic E-state index is 0.0355. The van der Waals surface area contributed by atoms with E-state index in [1.165, 1.54) is 4.80 Å². The van der Waals surface area contributed by atoms with Crippen LogP contribution in [0.5, 0.6) is 0 Å². The maximum absolute atomic E-state index is 12.5. The highest BCUT2D eigenvalue weighted by atomic mass is 19.4. The van der Waals surface area contributed by atoms with Crippen LogP contribution in [0.25, 0.3) is 0 Å². The summed E-state index contributed by atoms with van der Waals surface area (Å²) in [5.41, 5.74) is 0. The van der Waals surface area contributed by atoms with E-state index in [1.807, 2.05) is 0 Å². The molecule has 0 atom stereocenters. The second kappa shape index (κ2) is 5.26. The predicted molar refractivity (Wildman–Crippen MR) is 59.0 cm³/mol. The van der Waals surface area contributed by atoms with Gasteiger partial charge < -0.3 is 0 Å². The van der Waals surface area contributed by atoms with Crippen molar-refractivity contribution in [2.45, 2.75) is 38.3 Å². The molecule has 0 unspecified atom stereocenters. The highest BCUT2D eigenvalue weighted by Gasteiger charge is 2.42. The number of carbonyl (C=O) groups excluding carboxylic acids is 1. The highest BCUT2D eigenvalue weighted by molar-refractivity contribution is 5.82. The number of tetrazole rings is 1. The van der Waals surface area contributed by atoms with Gasteiger partial charge in [-0.05, 0) is 30.9 Å². The monoisotopic (exact) mass is 276 g/mol. The fourth-order valence-electron chi connectivity index (χ4n) is 2.44. The van der Waals surface area contributed by atoms with Crippen LogP contribution >= 0.6 is 0 Å². The number of aromatic nitrogens is 4. The number of ketones is 1. The largest absolute Gasteiger partial charge is 0.391 e. The molecule has 106 valence electrons. The lowest BCUT2D eigenvalue weighted by Crippen LogP contribution is -2.30. The minimum atomic E-state index is -4.14. The van der Waals surface area contributed by atoms with E-state index >= 15 is 0 Å². The average molecular weight is 276 g/mol. The van der Waals surface area contributed by atoms with Crippen LogP contribution in [0.1, 0.15) is 31.5 Å². The van der Waals surface area contributed by atoms with Gasteiger partial charge >= 0.3 is 6.18 Å². The number of nitrogens with zero attached hydrogens (tertiary/aromatic N) is 4. The van der Waals surface area contributed by atoms with Gasteiger partial charge in [-0.2, -0.15) is 18.0 Å². The normalized spacial score (nSPS) is 24.4. The van der Waals surface area contributed by atoms with Gasteiger partial charge in [-0.15, -0.1) is 10.2 Å². The van der Waals surface area contributed by atoms with E-state index in [2.05, 4.69) is 15.4 Å². The molecule has 0 N–H and O–H groups in total. The molecule has 8 heteroatoms. The highest BCUT2D eigenvalue weighted by Crippen LogP contribution is 2.39. The van der Waals surface area contributed by atoms with Gasteiger partial charge in [0, 0.05) is 5.92 Å². The SMILES string of the molecule is Cn1nnc(CC(=O)C2CCC(C(F)(F)F)CC2)n1. The minimum Gasteiger partial charge on any atom is -0.299 e. The Morgan fingerprint density at radius 2 is 1.95 bits per heavy atom. The topological polar surface area (TPSA) is 60.7 Å². The summed E-state index contributed by atoms with van der Waals surface area (Å²) in [7, 11) is 1.59. The third-order valence-electron chi connectivity index (χ3n) is 3.53. The molecule has 0 aliphatic heterocycles. The Labute approximate surface area is 108 Å². The van der Waals surface area contributed by atoms with Crippen molar-refractivity contribution < 1.29 is 18.0 Å². The van der Waals surface area contributed by atoms with E-state index in [9.17, 15) is 18.0 Å². The van der Waals surface area contributed by atoms with Crippen LogP contribution in [0.15, 0.2) is 0 Å². The molecule has 1 fully saturated rings. The van der Waals surface area contributed by atoms with Gasteiger partial charge in [-0.1, -0.05) is 0 Å². The maximum atomic E-state index is 12.5. The number of hydrogen-bond acceptors (Lipinski definition) is 4. The summed E-state index contributed by atoms with van der Waals surface area (Å²) in [5.74, 6) is -1.33. The summed E-state index contributed by atoms with van der Waals surface area (Å²) in [6.07, 6.45) is -3.43. The Kier molecular flexibility index (Phi) is 3.86. The van der Waals surface area contributed by atoms with Gasteiger partial charge in [0.15, 0.2) is 5.82 Å². The Hall–Kier alpha value is -1.47. The molecule has 0 saturated heterocycles. The van der Waals surface area contributed by atoms with E-state index in [1.54, 1.807) is 7.05 Å². The quantitative estimate of drug-likeness (QED) is 0.843. The molecular formula is C11H15F3N4O. The van der Waals surface area contributed by atoms with Gasteiger partial charge in [0.2, 0.25) is 0 Å². The first kappa shape index (κ1) is 14.0. The molecule has 1 aromatic heterocycles. The first-order chi connectivity index (χ1) is 8.86. The van der Waals surface area contributed by atoms with E-state index in [4.69, 9.17) is 0 Å². The summed E-state index contributed by atoms with van der Waals surface area (Å²) in [4.78, 5) is 13.2. The summed E-state index contributed by atoms with van der Waals surface area (Å²) in [6, 6.07) is 0. The van der Waals surface area contributed by atoms with Gasteiger partial charge in [0.05, 0.1) is 19.4 Å². The number of aryl methyl sites for hydroxylation is 1. The van der Waals surface area contributed by atoms with Gasteiger partial charge in [0.25, 0.3) is 0 Å². The molecule has 2 rings (SSSR count). The zero-order valence-corrected chi connectivity index (χ0v) is 10.5. The van der Waals surface area contributed by atoms with Crippen molar-refractivity contribution in [1.29, 1.82) is 0 Å². The number of rotatable bonds is 3. The molecule has 1 saturated carbocycles. The van der Waals surface area contributed by atoms with Crippen LogP contribution in [0, 0.1) is 11.8 Å². The van der Waals surface area contributed by atoms with E-state index < -0.39 is 12.1 Å². The second-order valence-corrected chi connectivity index (χ2v) is 4.93. The van der Waals surface area contributed by atoms with Crippen molar-refractivity contribution in [3.63, 3.8) is 0 Å². The molecule has 1 aliphatic rings. The van der Waals surface area contributed by atoms with Crippen LogP contribution in [-0.2, 0) is 18.3 Å². The molecular weight excluding hydrogens is 261 g/mol. The zero-order chi connectivity index (χ0) is 14.0. The van der Waals surface area contributed by atoms with Crippen LogP contribution in [-0.4, -0.2) is 32.2 Å². The first-order valence-electron chi connectivity index (χ1n) is 6.18. The molecule has 1 heterocycles. The predicted octanol–water partition coefficient (Wildman–Crippen LogP) is 1.69. The Morgan fingerprint density at radius 3 is 2.42 bits per heavy atom. The molecule has 0 amide bonds. The van der Waals surface area contributed by atoms with Crippen molar-refractivity contribution >= 4 is 5.78 Å². The summed E-state index contributed by atoms with van der Waals surface area (Å²) >= 11 is 0. The van der Waals surface area contributed by atoms with E-state index in [-0.39, 0.29) is 31.0 Å². The van der Waals surface area contributed by atoms with E-state index in [0.29, 0.717) is 18.7 Å². The third-order valence-corrected chi connectivity index (χ3v) is 3.53. The van der Waals surface area contributed by atoms with Crippen LogP contribution in [0.4, 0.5) is 13.2 Å². The van der Waals surface area contributed by atoms with Gasteiger partial charge in [0.1, 0.15) is 5.78 Å². The second-order valence-electron chi connectivity index (χ2n) is 4.93. The molecule has 0 bridgehead atoms. The van der Waals surface area contributed by atoms with Gasteiger partial charge in [-0.3, -0.25) is 4.79 Å². The maximum Gasteiger partial charge on any atom is 0.391 e. The summed E-state index contributed by atoms with van der Waals surface area (Å²) in [6.45, 7) is 0. The molecule has 1 aromatic rings. The standard InChI is InChI=1S/C11H15F3N4O/c1-18-16-10(15-17-18)6-9(19)7-2-4-8(5-3-7)11(12,13)14/h7-8H,2-6H2,1H3. The molecule has 19 heavy (non-hydrogen) atoms. The number of carbonyl (C=O) groups is 1. The number of hydrogen-bond donors (Lipinski definition) is 0. The molecule has 5 nitrogen and oxygen atoms in total. The third kappa shape index (κ3) is 3.51. The van der Waals surface area contributed by atoms with E-state index in [0.717, 1.165) is 0 Å². The Morgan fingerprint density at radius 1 is 1.32 bits per heavy atom. The Balaban J connectivity index is 1.86. The van der Waals surface area contributed by atoms with Crippen LogP contribution in [0.2, 0.25) is 0 Å². The lowest BCUT2D eigenvalue weighted by molar-refractivity contribution is -0.184. The molecule has 0 spiro atoms. The lowest BCUT2D eigenvalue weighted by Gasteiger charge is -2.28. The lowest BCUT2D eigenvalue weighted by atomic mass is 9.79. The Bertz CT molecular complexity index is 449. The number of halogens is 3. The smallest absolute Gasteiger partial charge is 0.299 e. The average Bonchev–Trinajstić information content (AvgIpc) is 2.74. The van der Waals surface area contributed by atoms with Crippen LogP contribution in [0.3, 0.4) is 0 Å². The van der Waals surface area contributed by atoms with Crippen LogP contribution < -0.4 is 0 Å². The fraction of sp³-hybridized carbons (Fsp3) is 0.818. The fourth-order valence-corrected chi connectivity index (χ4v) is 2.44. The van der Waals surface area contributed by atoms with Crippen molar-refractivity contribution in [3.05, 3.63) is 5.82 Å². The molecule has 1 aliphatic carbocycles. The first-order valence-corrected chi connectivity index (χ1v) is 6.18. The van der Waals surface area contributed by atoms with Crippen molar-refractivity contribution in [3.8, 4) is 0 Å². The van der Waals surface area contributed by atoms with Crippen molar-refractivity contribution in [1.82, 2.24) is 20.2 Å². The zero-order valence-electron chi connectivity index (χ0n) is 10.5. The summed E-state index contributed by atoms with van der Waals surface area (Å²) < 4.78 is 37.5. The summed E-state index contributed by atoms with van der Waals surface area (Å²) in [5, 5.41) is 11.2. The number of alkyl halides is 3. The molecule has 0 aromatic carbocycles. The van der Waals surface area contributed by atoms with Crippen molar-refractivity contribution in [2.75, 3.05) is 0 Å².